The third-order valence-electron chi connectivity index (χ3n) is 6.51. The molecule has 0 atom stereocenters. The summed E-state index contributed by atoms with van der Waals surface area (Å²) in [7, 11) is 0. The van der Waals surface area contributed by atoms with Crippen LogP contribution in [0.1, 0.15) is 24.7 Å². The molecule has 35 heavy (non-hydrogen) atoms. The lowest BCUT2D eigenvalue weighted by Gasteiger charge is -2.37. The number of H-pyrrole nitrogens is 2. The molecule has 4 aromatic heterocycles. The lowest BCUT2D eigenvalue weighted by atomic mass is 10.1. The zero-order chi connectivity index (χ0) is 23.9. The van der Waals surface area contributed by atoms with Gasteiger partial charge in [-0.3, -0.25) is 15.1 Å². The summed E-state index contributed by atoms with van der Waals surface area (Å²) in [5, 5.41) is 10.4. The summed E-state index contributed by atoms with van der Waals surface area (Å²) in [5.74, 6) is 0.857. The molecule has 6 rings (SSSR count). The number of hydrogen-bond donors (Lipinski definition) is 3. The fraction of sp³-hybridized carbons (Fsp3) is 0.185. The number of fused-ring (bicyclic) bond motifs is 1. The zero-order valence-corrected chi connectivity index (χ0v) is 19.5. The smallest absolute Gasteiger partial charge is 0.147 e. The van der Waals surface area contributed by atoms with Crippen molar-refractivity contribution in [2.24, 2.45) is 5.73 Å². The van der Waals surface area contributed by atoms with E-state index in [-0.39, 0.29) is 6.04 Å². The Labute approximate surface area is 202 Å². The Hall–Kier alpha value is -4.30. The van der Waals surface area contributed by atoms with Crippen LogP contribution in [0, 0.1) is 0 Å². The van der Waals surface area contributed by atoms with E-state index in [1.165, 1.54) is 0 Å². The van der Waals surface area contributed by atoms with Crippen molar-refractivity contribution in [3.8, 4) is 11.4 Å². The van der Waals surface area contributed by atoms with E-state index in [0.717, 1.165) is 80.7 Å². The van der Waals surface area contributed by atoms with Gasteiger partial charge in [0.2, 0.25) is 0 Å². The number of nitrogens with one attached hydrogen (secondary N) is 2. The van der Waals surface area contributed by atoms with Gasteiger partial charge in [-0.15, -0.1) is 0 Å². The van der Waals surface area contributed by atoms with Crippen LogP contribution in [-0.4, -0.2) is 49.3 Å². The molecule has 174 valence electrons. The van der Waals surface area contributed by atoms with E-state index in [0.29, 0.717) is 0 Å². The van der Waals surface area contributed by atoms with Crippen molar-refractivity contribution in [3.63, 3.8) is 0 Å². The van der Waals surface area contributed by atoms with Crippen LogP contribution < -0.4 is 21.2 Å². The zero-order valence-electron chi connectivity index (χ0n) is 19.5. The van der Waals surface area contributed by atoms with E-state index >= 15 is 0 Å². The van der Waals surface area contributed by atoms with E-state index in [1.54, 1.807) is 12.4 Å². The fourth-order valence-corrected chi connectivity index (χ4v) is 4.48. The first kappa shape index (κ1) is 21.2. The maximum absolute atomic E-state index is 5.90. The van der Waals surface area contributed by atoms with E-state index in [1.807, 2.05) is 31.3 Å². The van der Waals surface area contributed by atoms with E-state index in [2.05, 4.69) is 60.9 Å². The van der Waals surface area contributed by atoms with Crippen LogP contribution >= 0.6 is 0 Å². The van der Waals surface area contributed by atoms with Crippen LogP contribution in [0.3, 0.4) is 0 Å². The van der Waals surface area contributed by atoms with Crippen LogP contribution in [0.5, 0.6) is 0 Å². The summed E-state index contributed by atoms with van der Waals surface area (Å²) in [6, 6.07) is 4.30. The second-order valence-electron chi connectivity index (χ2n) is 9.01. The predicted octanol–water partition coefficient (Wildman–Crippen LogP) is 2.53. The van der Waals surface area contributed by atoms with Crippen LogP contribution in [0.15, 0.2) is 55.0 Å². The van der Waals surface area contributed by atoms with Gasteiger partial charge in [0.1, 0.15) is 11.5 Å². The highest BCUT2D eigenvalue weighted by molar-refractivity contribution is 5.96. The third-order valence-corrected chi connectivity index (χ3v) is 6.51. The van der Waals surface area contributed by atoms with Crippen molar-refractivity contribution in [2.45, 2.75) is 19.4 Å². The Morgan fingerprint density at radius 3 is 2.94 bits per heavy atom. The summed E-state index contributed by atoms with van der Waals surface area (Å²) < 4.78 is 0. The first-order chi connectivity index (χ1) is 17.1. The molecule has 0 spiro atoms. The molecule has 4 aromatic rings. The van der Waals surface area contributed by atoms with Crippen molar-refractivity contribution >= 4 is 40.5 Å². The quantitative estimate of drug-likeness (QED) is 0.420. The lowest BCUT2D eigenvalue weighted by molar-refractivity contribution is 0.513. The minimum absolute atomic E-state index is 0.215. The van der Waals surface area contributed by atoms with E-state index < -0.39 is 0 Å². The molecule has 1 fully saturated rings. The van der Waals surface area contributed by atoms with Crippen molar-refractivity contribution < 1.29 is 0 Å². The van der Waals surface area contributed by atoms with Gasteiger partial charge in [0, 0.05) is 41.4 Å². The molecule has 0 saturated carbocycles. The van der Waals surface area contributed by atoms with Crippen molar-refractivity contribution in [2.75, 3.05) is 18.0 Å². The molecule has 0 aromatic carbocycles. The highest BCUT2D eigenvalue weighted by atomic mass is 15.3. The van der Waals surface area contributed by atoms with Gasteiger partial charge < -0.3 is 15.6 Å². The molecule has 0 unspecified atom stereocenters. The van der Waals surface area contributed by atoms with Gasteiger partial charge in [-0.05, 0) is 42.7 Å². The first-order valence-corrected chi connectivity index (χ1v) is 11.7. The van der Waals surface area contributed by atoms with Crippen LogP contribution in [0.25, 0.3) is 46.1 Å². The monoisotopic (exact) mass is 462 g/mol. The summed E-state index contributed by atoms with van der Waals surface area (Å²) in [6.45, 7) is 7.93. The maximum Gasteiger partial charge on any atom is 0.147 e. The molecule has 0 radical (unpaired) electrons. The number of aromatic nitrogens is 6. The summed E-state index contributed by atoms with van der Waals surface area (Å²) >= 11 is 0. The molecule has 8 nitrogen and oxygen atoms in total. The Kier molecular flexibility index (Phi) is 5.15. The number of pyridine rings is 1. The second kappa shape index (κ2) is 8.48. The van der Waals surface area contributed by atoms with Gasteiger partial charge in [-0.1, -0.05) is 30.9 Å². The standard InChI is InChI=1S/C27H26N8/c1-16(24-12-29-13-25(32-24)35-14-19(28)15-35)7-8-21-17(2)26(34-33-21)23-11-20-22(31-23)9-10-30-27(20)18-5-3-4-6-18/h3,5-13,19,31,33H,2,4,14-15,28H2,1H3/b16-7+,21-8+. The minimum atomic E-state index is 0.215. The number of hydrogen-bond acceptors (Lipinski definition) is 6. The molecular weight excluding hydrogens is 436 g/mol. The molecule has 8 heteroatoms. The van der Waals surface area contributed by atoms with Crippen molar-refractivity contribution in [1.82, 2.24) is 30.1 Å². The maximum atomic E-state index is 5.90. The summed E-state index contributed by atoms with van der Waals surface area (Å²) in [5.41, 5.74) is 12.6. The van der Waals surface area contributed by atoms with Crippen LogP contribution in [0.4, 0.5) is 5.82 Å². The van der Waals surface area contributed by atoms with Gasteiger partial charge in [-0.2, -0.15) is 5.10 Å². The van der Waals surface area contributed by atoms with Crippen LogP contribution in [-0.2, 0) is 0 Å². The summed E-state index contributed by atoms with van der Waals surface area (Å²) in [4.78, 5) is 19.3. The van der Waals surface area contributed by atoms with Gasteiger partial charge in [-0.25, -0.2) is 4.98 Å². The average Bonchev–Trinajstić information content (AvgIpc) is 3.60. The lowest BCUT2D eigenvalue weighted by Crippen LogP contribution is -2.56. The van der Waals surface area contributed by atoms with Gasteiger partial charge in [0.05, 0.1) is 34.8 Å². The average molecular weight is 463 g/mol. The van der Waals surface area contributed by atoms with E-state index in [9.17, 15) is 0 Å². The van der Waals surface area contributed by atoms with Gasteiger partial charge in [0.15, 0.2) is 0 Å². The molecule has 2 aliphatic rings. The summed E-state index contributed by atoms with van der Waals surface area (Å²) in [6.07, 6.45) is 16.8. The highest BCUT2D eigenvalue weighted by Crippen LogP contribution is 2.29. The third kappa shape index (κ3) is 3.87. The number of anilines is 1. The number of aromatic amines is 2. The van der Waals surface area contributed by atoms with Crippen molar-refractivity contribution in [1.29, 1.82) is 0 Å². The first-order valence-electron chi connectivity index (χ1n) is 11.7. The van der Waals surface area contributed by atoms with E-state index in [4.69, 9.17) is 10.7 Å². The fourth-order valence-electron chi connectivity index (χ4n) is 4.48. The Morgan fingerprint density at radius 1 is 1.26 bits per heavy atom. The Balaban J connectivity index is 1.31. The largest absolute Gasteiger partial charge is 0.353 e. The topological polar surface area (TPSA) is 112 Å². The molecule has 1 aliphatic heterocycles. The van der Waals surface area contributed by atoms with Crippen molar-refractivity contribution in [3.05, 3.63) is 77.0 Å². The molecule has 4 N–H and O–H groups in total. The second-order valence-corrected chi connectivity index (χ2v) is 9.01. The molecule has 1 aliphatic carbocycles. The Bertz CT molecular complexity index is 1630. The molecular formula is C27H26N8. The molecule has 0 bridgehead atoms. The minimum Gasteiger partial charge on any atom is -0.353 e. The number of allylic oxidation sites excluding steroid dienone is 6. The Morgan fingerprint density at radius 2 is 2.14 bits per heavy atom. The normalized spacial score (nSPS) is 16.9. The van der Waals surface area contributed by atoms with Gasteiger partial charge >= 0.3 is 0 Å². The number of nitrogens with two attached hydrogens (primary N) is 1. The predicted molar refractivity (Wildman–Crippen MR) is 141 cm³/mol. The molecule has 1 saturated heterocycles. The number of nitrogens with zero attached hydrogens (tertiary/aromatic N) is 5. The SMILES string of the molecule is C=c1c(-c2cc3c(C4=CCC=C4)nccc3[nH]2)n[nH]/c1=C/C=C(\C)c1cncc(N2CC(N)C2)n1. The molecule has 0 amide bonds. The van der Waals surface area contributed by atoms with Crippen LogP contribution in [0.2, 0.25) is 0 Å². The van der Waals surface area contributed by atoms with Gasteiger partial charge in [0.25, 0.3) is 0 Å². The number of rotatable bonds is 5. The molecule has 5 heterocycles. The highest BCUT2D eigenvalue weighted by Gasteiger charge is 2.24.